The molecule has 17 heavy (non-hydrogen) atoms. The van der Waals surface area contributed by atoms with Crippen LogP contribution in [0.5, 0.6) is 0 Å². The van der Waals surface area contributed by atoms with Crippen LogP contribution in [-0.4, -0.2) is 17.3 Å². The predicted molar refractivity (Wildman–Crippen MR) is 71.7 cm³/mol. The van der Waals surface area contributed by atoms with E-state index in [1.165, 1.54) is 25.7 Å². The smallest absolute Gasteiger partial charge is 0.0690 e. The number of rotatable bonds is 4. The molecular weight excluding hydrogens is 210 g/mol. The van der Waals surface area contributed by atoms with Gasteiger partial charge in [0.1, 0.15) is 0 Å². The Hall–Kier alpha value is -0.0800. The predicted octanol–water partition coefficient (Wildman–Crippen LogP) is 3.08. The summed E-state index contributed by atoms with van der Waals surface area (Å²) in [6.45, 7) is 7.35. The van der Waals surface area contributed by atoms with E-state index in [0.717, 1.165) is 25.2 Å². The molecule has 0 aromatic rings. The Labute approximate surface area is 106 Å². The fraction of sp³-hybridized carbons (Fsp3) is 1.00. The number of aliphatic hydroxyl groups is 1. The van der Waals surface area contributed by atoms with E-state index in [4.69, 9.17) is 5.73 Å². The molecule has 0 aliphatic heterocycles. The molecular formula is C15H29NO. The van der Waals surface area contributed by atoms with Crippen LogP contribution in [0.4, 0.5) is 0 Å². The van der Waals surface area contributed by atoms with Crippen LogP contribution in [0.2, 0.25) is 0 Å². The van der Waals surface area contributed by atoms with Crippen molar-refractivity contribution < 1.29 is 5.11 Å². The Morgan fingerprint density at radius 3 is 2.12 bits per heavy atom. The first kappa shape index (κ1) is 13.4. The van der Waals surface area contributed by atoms with Gasteiger partial charge in [-0.05, 0) is 50.4 Å². The highest BCUT2D eigenvalue weighted by molar-refractivity contribution is 5.02. The first-order chi connectivity index (χ1) is 7.80. The molecule has 2 aliphatic rings. The van der Waals surface area contributed by atoms with Gasteiger partial charge in [0.15, 0.2) is 0 Å². The van der Waals surface area contributed by atoms with Crippen LogP contribution in [-0.2, 0) is 0 Å². The minimum absolute atomic E-state index is 0.0227. The van der Waals surface area contributed by atoms with E-state index >= 15 is 0 Å². The first-order valence-electron chi connectivity index (χ1n) is 7.23. The summed E-state index contributed by atoms with van der Waals surface area (Å²) >= 11 is 0. The van der Waals surface area contributed by atoms with Crippen molar-refractivity contribution in [1.29, 1.82) is 0 Å². The second-order valence-electron chi connectivity index (χ2n) is 7.57. The van der Waals surface area contributed by atoms with Gasteiger partial charge >= 0.3 is 0 Å². The topological polar surface area (TPSA) is 46.2 Å². The minimum atomic E-state index is -0.556. The highest BCUT2D eigenvalue weighted by Gasteiger charge is 2.50. The van der Waals surface area contributed by atoms with Crippen LogP contribution in [0.3, 0.4) is 0 Å². The van der Waals surface area contributed by atoms with Gasteiger partial charge in [-0.15, -0.1) is 0 Å². The van der Waals surface area contributed by atoms with E-state index in [2.05, 4.69) is 13.8 Å². The van der Waals surface area contributed by atoms with Crippen molar-refractivity contribution in [3.05, 3.63) is 0 Å². The van der Waals surface area contributed by atoms with E-state index in [0.29, 0.717) is 12.0 Å². The van der Waals surface area contributed by atoms with Gasteiger partial charge in [0, 0.05) is 12.0 Å². The van der Waals surface area contributed by atoms with E-state index < -0.39 is 5.60 Å². The molecule has 1 unspecified atom stereocenters. The molecule has 2 nitrogen and oxygen atoms in total. The maximum absolute atomic E-state index is 10.9. The molecule has 0 spiro atoms. The molecule has 0 aromatic carbocycles. The van der Waals surface area contributed by atoms with Crippen molar-refractivity contribution >= 4 is 0 Å². The quantitative estimate of drug-likeness (QED) is 0.792. The van der Waals surface area contributed by atoms with Crippen LogP contribution < -0.4 is 5.73 Å². The van der Waals surface area contributed by atoms with Crippen LogP contribution in [0, 0.1) is 16.7 Å². The Bertz CT molecular complexity index is 269. The molecule has 2 aliphatic carbocycles. The molecule has 0 saturated heterocycles. The summed E-state index contributed by atoms with van der Waals surface area (Å²) in [5.41, 5.74) is 5.91. The third-order valence-corrected chi connectivity index (χ3v) is 5.48. The van der Waals surface area contributed by atoms with Crippen LogP contribution in [0.25, 0.3) is 0 Å². The van der Waals surface area contributed by atoms with E-state index in [-0.39, 0.29) is 5.41 Å². The minimum Gasteiger partial charge on any atom is -0.390 e. The summed E-state index contributed by atoms with van der Waals surface area (Å²) in [7, 11) is 0. The lowest BCUT2D eigenvalue weighted by atomic mass is 9.57. The number of hydrogen-bond acceptors (Lipinski definition) is 2. The van der Waals surface area contributed by atoms with Gasteiger partial charge in [0.2, 0.25) is 0 Å². The van der Waals surface area contributed by atoms with Crippen molar-refractivity contribution in [3.8, 4) is 0 Å². The summed E-state index contributed by atoms with van der Waals surface area (Å²) in [6, 6.07) is 0. The fourth-order valence-corrected chi connectivity index (χ4v) is 3.47. The molecule has 2 fully saturated rings. The largest absolute Gasteiger partial charge is 0.390 e. The lowest BCUT2D eigenvalue weighted by molar-refractivity contribution is -0.107. The van der Waals surface area contributed by atoms with Crippen LogP contribution in [0.1, 0.15) is 65.7 Å². The Morgan fingerprint density at radius 2 is 1.71 bits per heavy atom. The van der Waals surface area contributed by atoms with Crippen molar-refractivity contribution in [1.82, 2.24) is 0 Å². The Morgan fingerprint density at radius 1 is 1.18 bits per heavy atom. The molecule has 0 amide bonds. The molecule has 3 N–H and O–H groups in total. The molecule has 1 atom stereocenters. The SMILES string of the molecule is CC1(C)CCC(CN)(C(C)(O)CC2CC2)CC1. The lowest BCUT2D eigenvalue weighted by Gasteiger charge is -2.51. The average molecular weight is 239 g/mol. The Balaban J connectivity index is 2.08. The molecule has 2 saturated carbocycles. The normalized spacial score (nSPS) is 30.9. The number of nitrogens with two attached hydrogens (primary N) is 1. The summed E-state index contributed by atoms with van der Waals surface area (Å²) in [4.78, 5) is 0. The highest BCUT2D eigenvalue weighted by atomic mass is 16.3. The maximum Gasteiger partial charge on any atom is 0.0690 e. The molecule has 100 valence electrons. The third kappa shape index (κ3) is 2.68. The van der Waals surface area contributed by atoms with Crippen LogP contribution >= 0.6 is 0 Å². The summed E-state index contributed by atoms with van der Waals surface area (Å²) in [6.07, 6.45) is 8.16. The second-order valence-corrected chi connectivity index (χ2v) is 7.57. The van der Waals surface area contributed by atoms with Gasteiger partial charge in [0.05, 0.1) is 5.60 Å². The first-order valence-corrected chi connectivity index (χ1v) is 7.23. The lowest BCUT2D eigenvalue weighted by Crippen LogP contribution is -2.53. The standard InChI is InChI=1S/C15H29NO/c1-13(2)6-8-15(11-16,9-7-13)14(3,17)10-12-4-5-12/h12,17H,4-11,16H2,1-3H3. The maximum atomic E-state index is 10.9. The zero-order chi connectivity index (χ0) is 12.7. The monoisotopic (exact) mass is 239 g/mol. The van der Waals surface area contributed by atoms with Gasteiger partial charge in [-0.25, -0.2) is 0 Å². The average Bonchev–Trinajstić information content (AvgIpc) is 3.01. The van der Waals surface area contributed by atoms with Crippen molar-refractivity contribution in [2.75, 3.05) is 6.54 Å². The van der Waals surface area contributed by atoms with Gasteiger partial charge < -0.3 is 10.8 Å². The molecule has 2 rings (SSSR count). The van der Waals surface area contributed by atoms with Crippen molar-refractivity contribution in [3.63, 3.8) is 0 Å². The van der Waals surface area contributed by atoms with Gasteiger partial charge in [-0.1, -0.05) is 26.7 Å². The summed E-state index contributed by atoms with van der Waals surface area (Å²) in [5.74, 6) is 0.767. The molecule has 0 radical (unpaired) electrons. The molecule has 0 bridgehead atoms. The molecule has 2 heteroatoms. The summed E-state index contributed by atoms with van der Waals surface area (Å²) in [5, 5.41) is 10.9. The van der Waals surface area contributed by atoms with E-state index in [1.807, 2.05) is 6.92 Å². The zero-order valence-corrected chi connectivity index (χ0v) is 11.8. The van der Waals surface area contributed by atoms with Gasteiger partial charge in [0.25, 0.3) is 0 Å². The van der Waals surface area contributed by atoms with Gasteiger partial charge in [-0.2, -0.15) is 0 Å². The number of hydrogen-bond donors (Lipinski definition) is 2. The van der Waals surface area contributed by atoms with Crippen molar-refractivity contribution in [2.24, 2.45) is 22.5 Å². The summed E-state index contributed by atoms with van der Waals surface area (Å²) < 4.78 is 0. The van der Waals surface area contributed by atoms with E-state index in [1.54, 1.807) is 0 Å². The van der Waals surface area contributed by atoms with Crippen molar-refractivity contribution in [2.45, 2.75) is 71.3 Å². The fourth-order valence-electron chi connectivity index (χ4n) is 3.47. The van der Waals surface area contributed by atoms with Crippen LogP contribution in [0.15, 0.2) is 0 Å². The Kier molecular flexibility index (Phi) is 3.33. The molecule has 0 heterocycles. The highest BCUT2D eigenvalue weighted by Crippen LogP contribution is 2.53. The second kappa shape index (κ2) is 4.24. The third-order valence-electron chi connectivity index (χ3n) is 5.48. The van der Waals surface area contributed by atoms with E-state index in [9.17, 15) is 5.11 Å². The zero-order valence-electron chi connectivity index (χ0n) is 11.8. The van der Waals surface area contributed by atoms with Gasteiger partial charge in [-0.3, -0.25) is 0 Å². The molecule has 0 aromatic heterocycles.